The molecule has 1 amide bonds. The molecule has 3 rings (SSSR count). The first-order valence-electron chi connectivity index (χ1n) is 8.84. The molecule has 1 heterocycles. The van der Waals surface area contributed by atoms with Gasteiger partial charge in [0.2, 0.25) is 5.91 Å². The first-order valence-corrected chi connectivity index (χ1v) is 8.84. The lowest BCUT2D eigenvalue weighted by Gasteiger charge is -2.29. The fraction of sp³-hybridized carbons (Fsp3) is 0.941. The molecule has 3 fully saturated rings. The van der Waals surface area contributed by atoms with Gasteiger partial charge in [-0.2, -0.15) is 0 Å². The predicted molar refractivity (Wildman–Crippen MR) is 82.9 cm³/mol. The number of ether oxygens (including phenoxy) is 1. The van der Waals surface area contributed by atoms with Crippen LogP contribution in [0.3, 0.4) is 0 Å². The van der Waals surface area contributed by atoms with Crippen LogP contribution < -0.4 is 5.32 Å². The van der Waals surface area contributed by atoms with E-state index in [0.717, 1.165) is 38.8 Å². The second-order valence-electron chi connectivity index (χ2n) is 7.12. The lowest BCUT2D eigenvalue weighted by Crippen LogP contribution is -2.46. The Morgan fingerprint density at radius 1 is 1.19 bits per heavy atom. The summed E-state index contributed by atoms with van der Waals surface area (Å²) in [4.78, 5) is 15.2. The lowest BCUT2D eigenvalue weighted by molar-refractivity contribution is -0.133. The maximum absolute atomic E-state index is 13.0. The third-order valence-corrected chi connectivity index (χ3v) is 5.73. The van der Waals surface area contributed by atoms with Crippen LogP contribution in [0.4, 0.5) is 0 Å². The predicted octanol–water partition coefficient (Wildman–Crippen LogP) is 2.67. The maximum atomic E-state index is 13.0. The third kappa shape index (κ3) is 2.98. The molecule has 21 heavy (non-hydrogen) atoms. The monoisotopic (exact) mass is 294 g/mol. The molecule has 1 aliphatic heterocycles. The number of hydrogen-bond donors (Lipinski definition) is 1. The highest BCUT2D eigenvalue weighted by atomic mass is 16.5. The number of unbranched alkanes of at least 4 members (excludes halogenated alkanes) is 1. The number of nitrogens with zero attached hydrogens (tertiary/aromatic N) is 1. The lowest BCUT2D eigenvalue weighted by atomic mass is 9.97. The maximum Gasteiger partial charge on any atom is 0.244 e. The zero-order chi connectivity index (χ0) is 14.7. The molecule has 3 aliphatic rings. The van der Waals surface area contributed by atoms with Gasteiger partial charge in [-0.1, -0.05) is 25.7 Å². The van der Waals surface area contributed by atoms with E-state index in [4.69, 9.17) is 4.74 Å². The third-order valence-electron chi connectivity index (χ3n) is 5.73. The van der Waals surface area contributed by atoms with Gasteiger partial charge in [-0.15, -0.1) is 0 Å². The van der Waals surface area contributed by atoms with Crippen LogP contribution in [0.15, 0.2) is 0 Å². The Labute approximate surface area is 128 Å². The molecule has 0 bridgehead atoms. The van der Waals surface area contributed by atoms with Crippen molar-refractivity contribution in [1.82, 2.24) is 10.2 Å². The number of hydrogen-bond acceptors (Lipinski definition) is 3. The van der Waals surface area contributed by atoms with Gasteiger partial charge in [0.15, 0.2) is 0 Å². The minimum atomic E-state index is -0.200. The van der Waals surface area contributed by atoms with E-state index in [1.54, 1.807) is 7.11 Å². The zero-order valence-corrected chi connectivity index (χ0v) is 13.4. The molecule has 1 spiro atoms. The van der Waals surface area contributed by atoms with Crippen LogP contribution in [0.1, 0.15) is 64.2 Å². The van der Waals surface area contributed by atoms with Gasteiger partial charge in [-0.05, 0) is 44.4 Å². The minimum absolute atomic E-state index is 0.200. The summed E-state index contributed by atoms with van der Waals surface area (Å²) in [5.41, 5.74) is -0.200. The van der Waals surface area contributed by atoms with E-state index in [9.17, 15) is 4.79 Å². The molecule has 1 unspecified atom stereocenters. The number of carbonyl (C=O) groups excluding carboxylic acids is 1. The number of rotatable bonds is 6. The van der Waals surface area contributed by atoms with Crippen LogP contribution in [0.5, 0.6) is 0 Å². The minimum Gasteiger partial charge on any atom is -0.385 e. The molecule has 1 N–H and O–H groups in total. The fourth-order valence-corrected chi connectivity index (χ4v) is 4.58. The van der Waals surface area contributed by atoms with E-state index in [2.05, 4.69) is 10.2 Å². The van der Waals surface area contributed by atoms with Crippen molar-refractivity contribution in [3.8, 4) is 0 Å². The Kier molecular flexibility index (Phi) is 4.85. The molecule has 4 nitrogen and oxygen atoms in total. The van der Waals surface area contributed by atoms with E-state index in [1.807, 2.05) is 0 Å². The Hall–Kier alpha value is -0.610. The van der Waals surface area contributed by atoms with Gasteiger partial charge in [0.05, 0.1) is 11.7 Å². The Morgan fingerprint density at radius 3 is 2.57 bits per heavy atom. The average Bonchev–Trinajstić information content (AvgIpc) is 3.21. The van der Waals surface area contributed by atoms with Crippen molar-refractivity contribution in [3.05, 3.63) is 0 Å². The van der Waals surface area contributed by atoms with Crippen molar-refractivity contribution < 1.29 is 9.53 Å². The molecule has 0 aromatic rings. The fourth-order valence-electron chi connectivity index (χ4n) is 4.58. The van der Waals surface area contributed by atoms with E-state index >= 15 is 0 Å². The van der Waals surface area contributed by atoms with Gasteiger partial charge < -0.3 is 9.64 Å². The SMILES string of the molecule is COCCCCN1C(=O)C2(CCCC2)NC1C1CCCC1. The molecule has 120 valence electrons. The zero-order valence-electron chi connectivity index (χ0n) is 13.4. The van der Waals surface area contributed by atoms with Gasteiger partial charge >= 0.3 is 0 Å². The molecule has 4 heteroatoms. The van der Waals surface area contributed by atoms with Crippen molar-refractivity contribution >= 4 is 5.91 Å². The molecule has 2 aliphatic carbocycles. The van der Waals surface area contributed by atoms with Crippen LogP contribution in [0.25, 0.3) is 0 Å². The molecule has 0 aromatic carbocycles. The van der Waals surface area contributed by atoms with Gasteiger partial charge in [0.1, 0.15) is 0 Å². The molecular weight excluding hydrogens is 264 g/mol. The van der Waals surface area contributed by atoms with Gasteiger partial charge in [0.25, 0.3) is 0 Å². The number of methoxy groups -OCH3 is 1. The summed E-state index contributed by atoms with van der Waals surface area (Å²) in [7, 11) is 1.75. The van der Waals surface area contributed by atoms with Crippen molar-refractivity contribution in [3.63, 3.8) is 0 Å². The van der Waals surface area contributed by atoms with Crippen LogP contribution in [-0.2, 0) is 9.53 Å². The van der Waals surface area contributed by atoms with E-state index < -0.39 is 0 Å². The highest BCUT2D eigenvalue weighted by Crippen LogP contribution is 2.41. The largest absolute Gasteiger partial charge is 0.385 e. The smallest absolute Gasteiger partial charge is 0.244 e. The first-order chi connectivity index (χ1) is 10.3. The molecular formula is C17H30N2O2. The molecule has 2 saturated carbocycles. The number of carbonyl (C=O) groups is 1. The van der Waals surface area contributed by atoms with Crippen molar-refractivity contribution in [2.24, 2.45) is 5.92 Å². The van der Waals surface area contributed by atoms with Crippen LogP contribution in [0.2, 0.25) is 0 Å². The van der Waals surface area contributed by atoms with Crippen LogP contribution >= 0.6 is 0 Å². The Balaban J connectivity index is 1.67. The van der Waals surface area contributed by atoms with Gasteiger partial charge in [0, 0.05) is 20.3 Å². The van der Waals surface area contributed by atoms with E-state index in [0.29, 0.717) is 18.0 Å². The van der Waals surface area contributed by atoms with Crippen molar-refractivity contribution in [2.45, 2.75) is 75.9 Å². The van der Waals surface area contributed by atoms with E-state index in [1.165, 1.54) is 38.5 Å². The molecule has 1 atom stereocenters. The Morgan fingerprint density at radius 2 is 1.90 bits per heavy atom. The van der Waals surface area contributed by atoms with Gasteiger partial charge in [-0.3, -0.25) is 10.1 Å². The van der Waals surface area contributed by atoms with Crippen molar-refractivity contribution in [2.75, 3.05) is 20.3 Å². The van der Waals surface area contributed by atoms with E-state index in [-0.39, 0.29) is 5.54 Å². The van der Waals surface area contributed by atoms with Crippen LogP contribution in [0, 0.1) is 5.92 Å². The number of amides is 1. The summed E-state index contributed by atoms with van der Waals surface area (Å²) < 4.78 is 5.13. The standard InChI is InChI=1S/C17H30N2O2/c1-21-13-7-6-12-19-15(14-8-2-3-9-14)18-17(16(19)20)10-4-5-11-17/h14-15,18H,2-13H2,1H3. The number of nitrogens with one attached hydrogen (secondary N) is 1. The van der Waals surface area contributed by atoms with Crippen LogP contribution in [-0.4, -0.2) is 42.8 Å². The van der Waals surface area contributed by atoms with Gasteiger partial charge in [-0.25, -0.2) is 0 Å². The highest BCUT2D eigenvalue weighted by molar-refractivity contribution is 5.89. The summed E-state index contributed by atoms with van der Waals surface area (Å²) in [6.45, 7) is 1.70. The quantitative estimate of drug-likeness (QED) is 0.766. The average molecular weight is 294 g/mol. The Bertz CT molecular complexity index is 360. The first kappa shape index (κ1) is 15.3. The normalized spacial score (nSPS) is 29.1. The summed E-state index contributed by atoms with van der Waals surface area (Å²) >= 11 is 0. The molecule has 0 radical (unpaired) electrons. The summed E-state index contributed by atoms with van der Waals surface area (Å²) in [6.07, 6.45) is 12.1. The molecule has 0 aromatic heterocycles. The summed E-state index contributed by atoms with van der Waals surface area (Å²) in [6, 6.07) is 0. The molecule has 1 saturated heterocycles. The summed E-state index contributed by atoms with van der Waals surface area (Å²) in [5, 5.41) is 3.79. The summed E-state index contributed by atoms with van der Waals surface area (Å²) in [5.74, 6) is 1.07. The second kappa shape index (κ2) is 6.66. The van der Waals surface area contributed by atoms with Crippen molar-refractivity contribution in [1.29, 1.82) is 0 Å². The highest BCUT2D eigenvalue weighted by Gasteiger charge is 2.53. The topological polar surface area (TPSA) is 41.6 Å². The second-order valence-corrected chi connectivity index (χ2v) is 7.12.